The fraction of sp³-hybridized carbons (Fsp3) is 0.600. The monoisotopic (exact) mass is 266 g/mol. The van der Waals surface area contributed by atoms with Crippen LogP contribution in [0, 0.1) is 5.92 Å². The molecule has 0 aromatic heterocycles. The van der Waals surface area contributed by atoms with Crippen LogP contribution in [0.4, 0.5) is 5.69 Å². The van der Waals surface area contributed by atoms with Crippen LogP contribution in [0.15, 0.2) is 24.3 Å². The molecule has 0 heterocycles. The average Bonchev–Trinajstić information content (AvgIpc) is 2.42. The molecule has 2 unspecified atom stereocenters. The van der Waals surface area contributed by atoms with Gasteiger partial charge in [-0.15, -0.1) is 0 Å². The molecule has 18 heavy (non-hydrogen) atoms. The van der Waals surface area contributed by atoms with Crippen molar-refractivity contribution in [3.05, 3.63) is 29.3 Å². The number of halogens is 1. The van der Waals surface area contributed by atoms with E-state index in [0.717, 1.165) is 10.7 Å². The first-order valence-corrected chi connectivity index (χ1v) is 7.32. The number of anilines is 1. The van der Waals surface area contributed by atoms with Gasteiger partial charge in [-0.25, -0.2) is 0 Å². The number of rotatable bonds is 4. The van der Waals surface area contributed by atoms with E-state index >= 15 is 0 Å². The Morgan fingerprint density at radius 1 is 1.33 bits per heavy atom. The average molecular weight is 267 g/mol. The number of nitrogens with two attached hydrogens (primary N) is 1. The van der Waals surface area contributed by atoms with Gasteiger partial charge in [0, 0.05) is 17.3 Å². The zero-order valence-electron chi connectivity index (χ0n) is 11.1. The minimum absolute atomic E-state index is 0.0703. The molecule has 1 aliphatic carbocycles. The van der Waals surface area contributed by atoms with Crippen LogP contribution in [-0.4, -0.2) is 12.1 Å². The van der Waals surface area contributed by atoms with Crippen LogP contribution in [0.5, 0.6) is 0 Å². The molecule has 100 valence electrons. The summed E-state index contributed by atoms with van der Waals surface area (Å²) in [6.07, 6.45) is 6.26. The second kappa shape index (κ2) is 5.94. The van der Waals surface area contributed by atoms with Crippen molar-refractivity contribution in [1.29, 1.82) is 0 Å². The Balaban J connectivity index is 2.18. The van der Waals surface area contributed by atoms with Gasteiger partial charge in [0.25, 0.3) is 0 Å². The lowest BCUT2D eigenvalue weighted by atomic mass is 9.71. The van der Waals surface area contributed by atoms with Crippen LogP contribution in [0.3, 0.4) is 0 Å². The SMILES string of the molecule is CCC1CCCCC1(CN)Nc1ccc(Cl)cc1. The second-order valence-electron chi connectivity index (χ2n) is 5.34. The van der Waals surface area contributed by atoms with E-state index in [1.54, 1.807) is 0 Å². The normalized spacial score (nSPS) is 28.1. The van der Waals surface area contributed by atoms with Crippen molar-refractivity contribution < 1.29 is 0 Å². The van der Waals surface area contributed by atoms with E-state index in [4.69, 9.17) is 17.3 Å². The summed E-state index contributed by atoms with van der Waals surface area (Å²) in [6.45, 7) is 2.97. The Kier molecular flexibility index (Phi) is 4.52. The molecule has 1 aromatic rings. The van der Waals surface area contributed by atoms with Crippen LogP contribution in [0.25, 0.3) is 0 Å². The van der Waals surface area contributed by atoms with Gasteiger partial charge >= 0.3 is 0 Å². The molecule has 3 N–H and O–H groups in total. The highest BCUT2D eigenvalue weighted by molar-refractivity contribution is 6.30. The Bertz CT molecular complexity index is 377. The highest BCUT2D eigenvalue weighted by Gasteiger charge is 2.38. The maximum atomic E-state index is 6.09. The molecule has 2 nitrogen and oxygen atoms in total. The summed E-state index contributed by atoms with van der Waals surface area (Å²) in [5.74, 6) is 0.673. The Morgan fingerprint density at radius 2 is 2.06 bits per heavy atom. The van der Waals surface area contributed by atoms with Crippen molar-refractivity contribution in [2.75, 3.05) is 11.9 Å². The molecule has 2 rings (SSSR count). The molecule has 0 spiro atoms. The molecule has 0 bridgehead atoms. The van der Waals surface area contributed by atoms with Gasteiger partial charge in [0.2, 0.25) is 0 Å². The van der Waals surface area contributed by atoms with E-state index < -0.39 is 0 Å². The standard InChI is InChI=1S/C15H23ClN2/c1-2-12-5-3-4-10-15(12,11-17)18-14-8-6-13(16)7-9-14/h6-9,12,18H,2-5,10-11,17H2,1H3. The van der Waals surface area contributed by atoms with Crippen molar-refractivity contribution >= 4 is 17.3 Å². The van der Waals surface area contributed by atoms with E-state index in [2.05, 4.69) is 12.2 Å². The van der Waals surface area contributed by atoms with Gasteiger partial charge in [-0.05, 0) is 43.0 Å². The molecule has 0 radical (unpaired) electrons. The molecule has 1 aromatic carbocycles. The molecule has 0 aliphatic heterocycles. The smallest absolute Gasteiger partial charge is 0.0523 e. The minimum Gasteiger partial charge on any atom is -0.378 e. The van der Waals surface area contributed by atoms with Crippen molar-refractivity contribution in [3.63, 3.8) is 0 Å². The summed E-state index contributed by atoms with van der Waals surface area (Å²) in [5, 5.41) is 4.46. The number of benzene rings is 1. The molecule has 0 amide bonds. The maximum absolute atomic E-state index is 6.09. The molecule has 3 heteroatoms. The summed E-state index contributed by atoms with van der Waals surface area (Å²) in [5.41, 5.74) is 7.29. The van der Waals surface area contributed by atoms with Crippen LogP contribution in [-0.2, 0) is 0 Å². The van der Waals surface area contributed by atoms with E-state index in [-0.39, 0.29) is 5.54 Å². The van der Waals surface area contributed by atoms with Gasteiger partial charge in [-0.1, -0.05) is 37.8 Å². The van der Waals surface area contributed by atoms with Crippen LogP contribution >= 0.6 is 11.6 Å². The summed E-state index contributed by atoms with van der Waals surface area (Å²) in [6, 6.07) is 7.94. The van der Waals surface area contributed by atoms with Gasteiger partial charge in [0.05, 0.1) is 5.54 Å². The topological polar surface area (TPSA) is 38.0 Å². The molecule has 1 aliphatic rings. The van der Waals surface area contributed by atoms with Crippen molar-refractivity contribution in [2.45, 2.75) is 44.6 Å². The van der Waals surface area contributed by atoms with Gasteiger partial charge in [-0.2, -0.15) is 0 Å². The van der Waals surface area contributed by atoms with Crippen molar-refractivity contribution in [1.82, 2.24) is 0 Å². The molecule has 1 saturated carbocycles. The molecule has 2 atom stereocenters. The van der Waals surface area contributed by atoms with Gasteiger partial charge in [-0.3, -0.25) is 0 Å². The number of nitrogens with one attached hydrogen (secondary N) is 1. The largest absolute Gasteiger partial charge is 0.378 e. The predicted molar refractivity (Wildman–Crippen MR) is 79.1 cm³/mol. The first kappa shape index (κ1) is 13.7. The third-order valence-electron chi connectivity index (χ3n) is 4.30. The van der Waals surface area contributed by atoms with E-state index in [0.29, 0.717) is 12.5 Å². The Hall–Kier alpha value is -0.730. The lowest BCUT2D eigenvalue weighted by Crippen LogP contribution is -2.53. The first-order valence-electron chi connectivity index (χ1n) is 6.94. The zero-order valence-corrected chi connectivity index (χ0v) is 11.8. The van der Waals surface area contributed by atoms with E-state index in [9.17, 15) is 0 Å². The van der Waals surface area contributed by atoms with Gasteiger partial charge < -0.3 is 11.1 Å². The molecule has 1 fully saturated rings. The number of hydrogen-bond acceptors (Lipinski definition) is 2. The lowest BCUT2D eigenvalue weighted by molar-refractivity contribution is 0.212. The fourth-order valence-corrected chi connectivity index (χ4v) is 3.34. The minimum atomic E-state index is 0.0703. The summed E-state index contributed by atoms with van der Waals surface area (Å²) in [7, 11) is 0. The van der Waals surface area contributed by atoms with Gasteiger partial charge in [0.1, 0.15) is 0 Å². The molecular formula is C15H23ClN2. The zero-order chi connectivity index (χ0) is 13.0. The summed E-state index contributed by atoms with van der Waals surface area (Å²) in [4.78, 5) is 0. The van der Waals surface area contributed by atoms with Crippen molar-refractivity contribution in [2.24, 2.45) is 11.7 Å². The highest BCUT2D eigenvalue weighted by Crippen LogP contribution is 2.38. The first-order chi connectivity index (χ1) is 8.70. The van der Waals surface area contributed by atoms with E-state index in [1.165, 1.54) is 32.1 Å². The fourth-order valence-electron chi connectivity index (χ4n) is 3.21. The predicted octanol–water partition coefficient (Wildman–Crippen LogP) is 4.05. The summed E-state index contributed by atoms with van der Waals surface area (Å²) < 4.78 is 0. The summed E-state index contributed by atoms with van der Waals surface area (Å²) >= 11 is 5.93. The third kappa shape index (κ3) is 2.81. The Labute approximate surface area is 115 Å². The third-order valence-corrected chi connectivity index (χ3v) is 4.55. The van der Waals surface area contributed by atoms with Crippen LogP contribution in [0.1, 0.15) is 39.0 Å². The van der Waals surface area contributed by atoms with Crippen molar-refractivity contribution in [3.8, 4) is 0 Å². The highest BCUT2D eigenvalue weighted by atomic mass is 35.5. The van der Waals surface area contributed by atoms with Crippen LogP contribution < -0.4 is 11.1 Å². The Morgan fingerprint density at radius 3 is 2.67 bits per heavy atom. The quantitative estimate of drug-likeness (QED) is 0.863. The second-order valence-corrected chi connectivity index (χ2v) is 5.78. The molecule has 0 saturated heterocycles. The molecular weight excluding hydrogens is 244 g/mol. The van der Waals surface area contributed by atoms with E-state index in [1.807, 2.05) is 24.3 Å². The number of hydrogen-bond donors (Lipinski definition) is 2. The lowest BCUT2D eigenvalue weighted by Gasteiger charge is -2.44. The maximum Gasteiger partial charge on any atom is 0.0523 e. The van der Waals surface area contributed by atoms with Gasteiger partial charge in [0.15, 0.2) is 0 Å². The van der Waals surface area contributed by atoms with Crippen LogP contribution in [0.2, 0.25) is 5.02 Å².